The van der Waals surface area contributed by atoms with E-state index in [0.717, 1.165) is 25.5 Å². The first-order chi connectivity index (χ1) is 9.41. The third kappa shape index (κ3) is 3.32. The molecule has 0 atom stereocenters. The zero-order valence-electron chi connectivity index (χ0n) is 11.4. The van der Waals surface area contributed by atoms with E-state index >= 15 is 0 Å². The van der Waals surface area contributed by atoms with Gasteiger partial charge in [0.15, 0.2) is 6.29 Å². The summed E-state index contributed by atoms with van der Waals surface area (Å²) in [5.41, 5.74) is -0.659. The Labute approximate surface area is 116 Å². The molecular formula is C15H18F3NO. The second kappa shape index (κ2) is 5.85. The lowest BCUT2D eigenvalue weighted by molar-refractivity contribution is -0.137. The Morgan fingerprint density at radius 3 is 2.50 bits per heavy atom. The van der Waals surface area contributed by atoms with Gasteiger partial charge in [-0.1, -0.05) is 12.8 Å². The molecule has 20 heavy (non-hydrogen) atoms. The summed E-state index contributed by atoms with van der Waals surface area (Å²) in [5, 5.41) is 0. The number of benzene rings is 1. The molecule has 110 valence electrons. The highest BCUT2D eigenvalue weighted by atomic mass is 19.4. The lowest BCUT2D eigenvalue weighted by Crippen LogP contribution is -2.24. The minimum atomic E-state index is -4.50. The van der Waals surface area contributed by atoms with Crippen LogP contribution in [-0.4, -0.2) is 19.9 Å². The van der Waals surface area contributed by atoms with Crippen LogP contribution in [0.1, 0.15) is 41.6 Å². The van der Waals surface area contributed by atoms with E-state index in [1.54, 1.807) is 13.1 Å². The molecule has 0 heterocycles. The summed E-state index contributed by atoms with van der Waals surface area (Å²) < 4.78 is 38.7. The van der Waals surface area contributed by atoms with Crippen LogP contribution in [0.4, 0.5) is 18.9 Å². The Kier molecular flexibility index (Phi) is 4.35. The fourth-order valence-electron chi connectivity index (χ4n) is 2.82. The number of hydrogen-bond donors (Lipinski definition) is 0. The molecule has 0 saturated heterocycles. The van der Waals surface area contributed by atoms with Gasteiger partial charge in [0.05, 0.1) is 5.56 Å². The molecule has 0 N–H and O–H groups in total. The number of carbonyl (C=O) groups excluding carboxylic acids is 1. The van der Waals surface area contributed by atoms with Crippen molar-refractivity contribution in [2.75, 3.05) is 18.5 Å². The van der Waals surface area contributed by atoms with Crippen LogP contribution in [-0.2, 0) is 6.18 Å². The van der Waals surface area contributed by atoms with Crippen LogP contribution in [0.3, 0.4) is 0 Å². The van der Waals surface area contributed by atoms with Gasteiger partial charge < -0.3 is 4.90 Å². The van der Waals surface area contributed by atoms with Crippen LogP contribution < -0.4 is 4.90 Å². The van der Waals surface area contributed by atoms with Gasteiger partial charge in [-0.25, -0.2) is 0 Å². The van der Waals surface area contributed by atoms with Gasteiger partial charge in [-0.3, -0.25) is 4.79 Å². The van der Waals surface area contributed by atoms with E-state index in [1.807, 2.05) is 4.90 Å². The Hall–Kier alpha value is -1.52. The summed E-state index contributed by atoms with van der Waals surface area (Å²) in [6.45, 7) is 0.762. The Morgan fingerprint density at radius 1 is 1.30 bits per heavy atom. The van der Waals surface area contributed by atoms with Gasteiger partial charge in [0.25, 0.3) is 0 Å². The van der Waals surface area contributed by atoms with Crippen LogP contribution in [0, 0.1) is 5.92 Å². The predicted octanol–water partition coefficient (Wildman–Crippen LogP) is 4.14. The molecule has 5 heteroatoms. The van der Waals surface area contributed by atoms with E-state index in [0.29, 0.717) is 11.6 Å². The summed E-state index contributed by atoms with van der Waals surface area (Å²) in [6, 6.07) is 3.89. The maximum atomic E-state index is 12.9. The first-order valence-corrected chi connectivity index (χ1v) is 6.79. The number of hydrogen-bond acceptors (Lipinski definition) is 2. The highest BCUT2D eigenvalue weighted by Crippen LogP contribution is 2.34. The van der Waals surface area contributed by atoms with Crippen molar-refractivity contribution in [2.24, 2.45) is 5.92 Å². The molecule has 0 aliphatic heterocycles. The molecular weight excluding hydrogens is 267 g/mol. The second-order valence-electron chi connectivity index (χ2n) is 5.42. The van der Waals surface area contributed by atoms with Crippen LogP contribution in [0.5, 0.6) is 0 Å². The highest BCUT2D eigenvalue weighted by Gasteiger charge is 2.34. The first kappa shape index (κ1) is 14.9. The molecule has 1 aromatic carbocycles. The van der Waals surface area contributed by atoms with Gasteiger partial charge in [0.1, 0.15) is 0 Å². The third-order valence-corrected chi connectivity index (χ3v) is 3.92. The number of carbonyl (C=O) groups is 1. The van der Waals surface area contributed by atoms with E-state index in [1.165, 1.54) is 18.9 Å². The van der Waals surface area contributed by atoms with Gasteiger partial charge in [-0.15, -0.1) is 0 Å². The summed E-state index contributed by atoms with van der Waals surface area (Å²) in [4.78, 5) is 12.6. The van der Waals surface area contributed by atoms with E-state index in [-0.39, 0.29) is 11.8 Å². The van der Waals surface area contributed by atoms with Crippen molar-refractivity contribution in [2.45, 2.75) is 31.9 Å². The fraction of sp³-hybridized carbons (Fsp3) is 0.533. The first-order valence-electron chi connectivity index (χ1n) is 6.79. The van der Waals surface area contributed by atoms with Crippen LogP contribution in [0.2, 0.25) is 0 Å². The molecule has 0 spiro atoms. The molecule has 2 rings (SSSR count). The van der Waals surface area contributed by atoms with Crippen molar-refractivity contribution in [1.29, 1.82) is 0 Å². The molecule has 0 bridgehead atoms. The summed E-state index contributed by atoms with van der Waals surface area (Å²) in [6.07, 6.45) is 0.447. The van der Waals surface area contributed by atoms with Crippen molar-refractivity contribution in [1.82, 2.24) is 0 Å². The number of nitrogens with zero attached hydrogens (tertiary/aromatic N) is 1. The summed E-state index contributed by atoms with van der Waals surface area (Å²) in [7, 11) is 1.80. The minimum Gasteiger partial charge on any atom is -0.374 e. The Balaban J connectivity index is 2.21. The molecule has 1 aromatic rings. The van der Waals surface area contributed by atoms with Crippen LogP contribution in [0.25, 0.3) is 0 Å². The molecule has 2 nitrogen and oxygen atoms in total. The smallest absolute Gasteiger partial charge is 0.374 e. The van der Waals surface area contributed by atoms with Crippen molar-refractivity contribution < 1.29 is 18.0 Å². The number of aldehydes is 1. The standard InChI is InChI=1S/C15H18F3NO/c1-19(9-11-4-2-3-5-11)13-7-6-12(10-20)14(8-13)15(16,17)18/h6-8,10-11H,2-5,9H2,1H3. The normalized spacial score (nSPS) is 16.4. The molecule has 1 aliphatic rings. The summed E-state index contributed by atoms with van der Waals surface area (Å²) in [5.74, 6) is 0.556. The van der Waals surface area contributed by atoms with E-state index in [4.69, 9.17) is 0 Å². The summed E-state index contributed by atoms with van der Waals surface area (Å²) >= 11 is 0. The van der Waals surface area contributed by atoms with E-state index in [2.05, 4.69) is 0 Å². The topological polar surface area (TPSA) is 20.3 Å². The largest absolute Gasteiger partial charge is 0.417 e. The Bertz CT molecular complexity index is 478. The molecule has 1 fully saturated rings. The fourth-order valence-corrected chi connectivity index (χ4v) is 2.82. The minimum absolute atomic E-state index is 0.254. The SMILES string of the molecule is CN(CC1CCCC1)c1ccc(C=O)c(C(F)(F)F)c1. The Morgan fingerprint density at radius 2 is 1.95 bits per heavy atom. The number of halogens is 3. The van der Waals surface area contributed by atoms with Crippen LogP contribution >= 0.6 is 0 Å². The molecule has 0 radical (unpaired) electrons. The second-order valence-corrected chi connectivity index (χ2v) is 5.42. The average Bonchev–Trinajstić information content (AvgIpc) is 2.89. The number of rotatable bonds is 4. The van der Waals surface area contributed by atoms with Gasteiger partial charge >= 0.3 is 6.18 Å². The maximum absolute atomic E-state index is 12.9. The van der Waals surface area contributed by atoms with E-state index in [9.17, 15) is 18.0 Å². The van der Waals surface area contributed by atoms with Crippen molar-refractivity contribution in [3.63, 3.8) is 0 Å². The van der Waals surface area contributed by atoms with Crippen molar-refractivity contribution in [3.05, 3.63) is 29.3 Å². The molecule has 1 saturated carbocycles. The molecule has 0 unspecified atom stereocenters. The zero-order valence-corrected chi connectivity index (χ0v) is 11.4. The van der Waals surface area contributed by atoms with Gasteiger partial charge in [0.2, 0.25) is 0 Å². The lowest BCUT2D eigenvalue weighted by atomic mass is 10.0. The molecule has 0 aromatic heterocycles. The van der Waals surface area contributed by atoms with Crippen LogP contribution in [0.15, 0.2) is 18.2 Å². The molecule has 0 amide bonds. The zero-order chi connectivity index (χ0) is 14.8. The predicted molar refractivity (Wildman–Crippen MR) is 72.1 cm³/mol. The van der Waals surface area contributed by atoms with Gasteiger partial charge in [-0.2, -0.15) is 13.2 Å². The maximum Gasteiger partial charge on any atom is 0.417 e. The lowest BCUT2D eigenvalue weighted by Gasteiger charge is -2.24. The third-order valence-electron chi connectivity index (χ3n) is 3.92. The average molecular weight is 285 g/mol. The quantitative estimate of drug-likeness (QED) is 0.775. The number of alkyl halides is 3. The van der Waals surface area contributed by atoms with Gasteiger partial charge in [0, 0.05) is 24.8 Å². The van der Waals surface area contributed by atoms with Gasteiger partial charge in [-0.05, 0) is 37.0 Å². The van der Waals surface area contributed by atoms with Crippen molar-refractivity contribution in [3.8, 4) is 0 Å². The van der Waals surface area contributed by atoms with Crippen molar-refractivity contribution >= 4 is 12.0 Å². The highest BCUT2D eigenvalue weighted by molar-refractivity contribution is 5.79. The molecule has 1 aliphatic carbocycles. The monoisotopic (exact) mass is 285 g/mol. The van der Waals surface area contributed by atoms with E-state index < -0.39 is 11.7 Å². The number of anilines is 1.